The number of rotatable bonds is 2. The maximum Gasteiger partial charge on any atom is 0.125 e. The molecule has 0 radical (unpaired) electrons. The summed E-state index contributed by atoms with van der Waals surface area (Å²) in [5.74, 6) is 1.25. The van der Waals surface area contributed by atoms with Gasteiger partial charge in [0.2, 0.25) is 0 Å². The monoisotopic (exact) mass is 205 g/mol. The lowest BCUT2D eigenvalue weighted by molar-refractivity contribution is 0.466. The highest BCUT2D eigenvalue weighted by Crippen LogP contribution is 2.21. The first-order valence-corrected chi connectivity index (χ1v) is 4.74. The van der Waals surface area contributed by atoms with Crippen molar-refractivity contribution in [1.29, 1.82) is 0 Å². The first-order chi connectivity index (χ1) is 7.16. The van der Waals surface area contributed by atoms with E-state index in [9.17, 15) is 4.39 Å². The number of benzene rings is 1. The molecule has 1 heterocycles. The van der Waals surface area contributed by atoms with Crippen LogP contribution in [0.4, 0.5) is 4.39 Å². The predicted molar refractivity (Wildman–Crippen MR) is 55.9 cm³/mol. The zero-order valence-corrected chi connectivity index (χ0v) is 8.41. The van der Waals surface area contributed by atoms with Crippen molar-refractivity contribution in [2.75, 3.05) is 0 Å². The van der Waals surface area contributed by atoms with Gasteiger partial charge in [-0.1, -0.05) is 12.1 Å². The Kier molecular flexibility index (Phi) is 2.56. The summed E-state index contributed by atoms with van der Waals surface area (Å²) in [7, 11) is 0. The second kappa shape index (κ2) is 3.87. The molecule has 2 nitrogen and oxygen atoms in total. The Morgan fingerprint density at radius 2 is 1.80 bits per heavy atom. The smallest absolute Gasteiger partial charge is 0.125 e. The second-order valence-electron chi connectivity index (χ2n) is 3.48. The SMILES string of the molecule is Cc1ccc(C(N)c2ccc(F)cc2)o1. The predicted octanol–water partition coefficient (Wildman–Crippen LogP) is 2.78. The van der Waals surface area contributed by atoms with Crippen molar-refractivity contribution in [2.24, 2.45) is 5.73 Å². The molecule has 1 aromatic heterocycles. The van der Waals surface area contributed by atoms with E-state index >= 15 is 0 Å². The molecule has 15 heavy (non-hydrogen) atoms. The van der Waals surface area contributed by atoms with Crippen LogP contribution in [0.2, 0.25) is 0 Å². The molecule has 2 N–H and O–H groups in total. The maximum absolute atomic E-state index is 12.7. The molecule has 0 saturated carbocycles. The van der Waals surface area contributed by atoms with Crippen LogP contribution in [0.25, 0.3) is 0 Å². The van der Waals surface area contributed by atoms with E-state index in [1.165, 1.54) is 12.1 Å². The van der Waals surface area contributed by atoms with Crippen molar-refractivity contribution >= 4 is 0 Å². The molecule has 0 amide bonds. The summed E-state index contributed by atoms with van der Waals surface area (Å²) < 4.78 is 18.1. The molecule has 0 bridgehead atoms. The van der Waals surface area contributed by atoms with Crippen molar-refractivity contribution in [3.05, 3.63) is 59.3 Å². The zero-order valence-electron chi connectivity index (χ0n) is 8.41. The van der Waals surface area contributed by atoms with E-state index in [0.29, 0.717) is 5.76 Å². The summed E-state index contributed by atoms with van der Waals surface area (Å²) in [5.41, 5.74) is 6.80. The van der Waals surface area contributed by atoms with E-state index in [0.717, 1.165) is 11.3 Å². The molecule has 1 aromatic carbocycles. The zero-order chi connectivity index (χ0) is 10.8. The molecule has 1 atom stereocenters. The number of hydrogen-bond donors (Lipinski definition) is 1. The second-order valence-corrected chi connectivity index (χ2v) is 3.48. The van der Waals surface area contributed by atoms with E-state index < -0.39 is 0 Å². The van der Waals surface area contributed by atoms with E-state index in [-0.39, 0.29) is 11.9 Å². The van der Waals surface area contributed by atoms with Crippen molar-refractivity contribution < 1.29 is 8.81 Å². The van der Waals surface area contributed by atoms with Crippen molar-refractivity contribution in [2.45, 2.75) is 13.0 Å². The number of nitrogens with two attached hydrogens (primary N) is 1. The number of aryl methyl sites for hydroxylation is 1. The Hall–Kier alpha value is -1.61. The molecule has 2 aromatic rings. The molecule has 0 aliphatic heterocycles. The Morgan fingerprint density at radius 3 is 2.33 bits per heavy atom. The summed E-state index contributed by atoms with van der Waals surface area (Å²) in [5, 5.41) is 0. The summed E-state index contributed by atoms with van der Waals surface area (Å²) in [6, 6.07) is 9.48. The third-order valence-electron chi connectivity index (χ3n) is 2.30. The molecule has 2 rings (SSSR count). The van der Waals surface area contributed by atoms with E-state index in [2.05, 4.69) is 0 Å². The maximum atomic E-state index is 12.7. The minimum atomic E-state index is -0.334. The number of hydrogen-bond acceptors (Lipinski definition) is 2. The van der Waals surface area contributed by atoms with Gasteiger partial charge in [-0.25, -0.2) is 4.39 Å². The average molecular weight is 205 g/mol. The highest BCUT2D eigenvalue weighted by Gasteiger charge is 2.12. The van der Waals surface area contributed by atoms with Crippen LogP contribution in [0.1, 0.15) is 23.1 Å². The van der Waals surface area contributed by atoms with Gasteiger partial charge in [-0.05, 0) is 36.8 Å². The number of halogens is 1. The van der Waals surface area contributed by atoms with E-state index in [1.54, 1.807) is 12.1 Å². The van der Waals surface area contributed by atoms with Crippen molar-refractivity contribution in [3.8, 4) is 0 Å². The van der Waals surface area contributed by atoms with Crippen molar-refractivity contribution in [1.82, 2.24) is 0 Å². The Bertz CT molecular complexity index is 447. The van der Waals surface area contributed by atoms with Crippen LogP contribution in [-0.4, -0.2) is 0 Å². The van der Waals surface area contributed by atoms with Crippen LogP contribution < -0.4 is 5.73 Å². The molecule has 0 saturated heterocycles. The Balaban J connectivity index is 2.28. The summed E-state index contributed by atoms with van der Waals surface area (Å²) in [6.45, 7) is 1.86. The normalized spacial score (nSPS) is 12.7. The summed E-state index contributed by atoms with van der Waals surface area (Å²) in [4.78, 5) is 0. The molecular weight excluding hydrogens is 193 g/mol. The molecule has 0 fully saturated rings. The van der Waals surface area contributed by atoms with Crippen molar-refractivity contribution in [3.63, 3.8) is 0 Å². The van der Waals surface area contributed by atoms with Gasteiger partial charge in [-0.3, -0.25) is 0 Å². The van der Waals surface area contributed by atoms with Crippen LogP contribution in [-0.2, 0) is 0 Å². The van der Waals surface area contributed by atoms with Gasteiger partial charge in [0, 0.05) is 0 Å². The quantitative estimate of drug-likeness (QED) is 0.818. The molecule has 3 heteroatoms. The van der Waals surface area contributed by atoms with Crippen LogP contribution in [0, 0.1) is 12.7 Å². The Morgan fingerprint density at radius 1 is 1.13 bits per heavy atom. The van der Waals surface area contributed by atoms with Gasteiger partial charge in [-0.2, -0.15) is 0 Å². The fourth-order valence-electron chi connectivity index (χ4n) is 1.45. The average Bonchev–Trinajstić information content (AvgIpc) is 2.65. The Labute approximate surface area is 87.5 Å². The van der Waals surface area contributed by atoms with Gasteiger partial charge in [0.25, 0.3) is 0 Å². The molecule has 0 aliphatic rings. The standard InChI is InChI=1S/C12H12FNO/c1-8-2-7-11(15-8)12(14)9-3-5-10(13)6-4-9/h2-7,12H,14H2,1H3. The summed E-state index contributed by atoms with van der Waals surface area (Å²) in [6.07, 6.45) is 0. The lowest BCUT2D eigenvalue weighted by atomic mass is 10.1. The van der Waals surface area contributed by atoms with E-state index in [4.69, 9.17) is 10.2 Å². The summed E-state index contributed by atoms with van der Waals surface area (Å²) >= 11 is 0. The molecule has 1 unspecified atom stereocenters. The van der Waals surface area contributed by atoms with Crippen LogP contribution in [0.15, 0.2) is 40.8 Å². The lowest BCUT2D eigenvalue weighted by Crippen LogP contribution is -2.10. The first kappa shape index (κ1) is 9.93. The highest BCUT2D eigenvalue weighted by atomic mass is 19.1. The van der Waals surface area contributed by atoms with Gasteiger partial charge in [0.1, 0.15) is 17.3 Å². The third kappa shape index (κ3) is 2.07. The fraction of sp³-hybridized carbons (Fsp3) is 0.167. The van der Waals surface area contributed by atoms with Gasteiger partial charge in [0.15, 0.2) is 0 Å². The third-order valence-corrected chi connectivity index (χ3v) is 2.30. The molecule has 78 valence electrons. The fourth-order valence-corrected chi connectivity index (χ4v) is 1.45. The van der Waals surface area contributed by atoms with Crippen LogP contribution >= 0.6 is 0 Å². The number of furan rings is 1. The van der Waals surface area contributed by atoms with Gasteiger partial charge >= 0.3 is 0 Å². The molecule has 0 spiro atoms. The molecule has 0 aliphatic carbocycles. The van der Waals surface area contributed by atoms with Crippen LogP contribution in [0.3, 0.4) is 0 Å². The largest absolute Gasteiger partial charge is 0.464 e. The molecular formula is C12H12FNO. The van der Waals surface area contributed by atoms with E-state index in [1.807, 2.05) is 19.1 Å². The van der Waals surface area contributed by atoms with Gasteiger partial charge in [0.05, 0.1) is 6.04 Å². The minimum Gasteiger partial charge on any atom is -0.464 e. The lowest BCUT2D eigenvalue weighted by Gasteiger charge is -2.08. The topological polar surface area (TPSA) is 39.2 Å². The van der Waals surface area contributed by atoms with Crippen LogP contribution in [0.5, 0.6) is 0 Å². The van der Waals surface area contributed by atoms with Gasteiger partial charge in [-0.15, -0.1) is 0 Å². The first-order valence-electron chi connectivity index (χ1n) is 4.74. The highest BCUT2D eigenvalue weighted by molar-refractivity contribution is 5.26. The van der Waals surface area contributed by atoms with Gasteiger partial charge < -0.3 is 10.2 Å². The minimum absolute atomic E-state index is 0.262.